The molecule has 1 unspecified atom stereocenters. The zero-order chi connectivity index (χ0) is 12.8. The summed E-state index contributed by atoms with van der Waals surface area (Å²) in [4.78, 5) is 1.25. The maximum absolute atomic E-state index is 6.28. The second kappa shape index (κ2) is 7.30. The van der Waals surface area contributed by atoms with E-state index in [0.717, 1.165) is 29.2 Å². The summed E-state index contributed by atoms with van der Waals surface area (Å²) in [5.74, 6) is 1.83. The van der Waals surface area contributed by atoms with Crippen molar-refractivity contribution in [3.63, 3.8) is 0 Å². The normalized spacial score (nSPS) is 13.1. The highest BCUT2D eigenvalue weighted by atomic mass is 35.5. The lowest BCUT2D eigenvalue weighted by atomic mass is 10.1. The van der Waals surface area contributed by atoms with Crippen molar-refractivity contribution in [3.8, 4) is 0 Å². The van der Waals surface area contributed by atoms with Crippen molar-refractivity contribution in [2.45, 2.75) is 44.6 Å². The molecule has 0 aromatic heterocycles. The molecule has 2 N–H and O–H groups in total. The molecule has 0 aliphatic rings. The lowest BCUT2D eigenvalue weighted by Gasteiger charge is -2.11. The van der Waals surface area contributed by atoms with Crippen LogP contribution in [0, 0.1) is 5.92 Å². The summed E-state index contributed by atoms with van der Waals surface area (Å²) in [5, 5.41) is 0.850. The number of hydrogen-bond donors (Lipinski definition) is 1. The largest absolute Gasteiger partial charge is 0.327 e. The van der Waals surface area contributed by atoms with Crippen LogP contribution in [0.15, 0.2) is 23.1 Å². The second-order valence-electron chi connectivity index (χ2n) is 4.83. The first kappa shape index (κ1) is 14.9. The first-order valence-corrected chi connectivity index (χ1v) is 7.56. The first-order valence-electron chi connectivity index (χ1n) is 6.19. The van der Waals surface area contributed by atoms with E-state index >= 15 is 0 Å². The van der Waals surface area contributed by atoms with E-state index in [1.807, 2.05) is 11.8 Å². The topological polar surface area (TPSA) is 26.0 Å². The van der Waals surface area contributed by atoms with Gasteiger partial charge in [0.1, 0.15) is 0 Å². The molecule has 0 aliphatic carbocycles. The molecule has 0 saturated heterocycles. The molecule has 1 aromatic carbocycles. The fourth-order valence-electron chi connectivity index (χ4n) is 1.47. The molecule has 0 bridgehead atoms. The molecule has 1 atom stereocenters. The van der Waals surface area contributed by atoms with Gasteiger partial charge in [-0.2, -0.15) is 0 Å². The Bertz CT molecular complexity index is 352. The molecule has 0 heterocycles. The maximum Gasteiger partial charge on any atom is 0.0449 e. The van der Waals surface area contributed by atoms with Crippen molar-refractivity contribution in [1.82, 2.24) is 0 Å². The smallest absolute Gasteiger partial charge is 0.0449 e. The highest BCUT2D eigenvalue weighted by Crippen LogP contribution is 2.27. The third-order valence-corrected chi connectivity index (χ3v) is 4.39. The quantitative estimate of drug-likeness (QED) is 0.778. The molecule has 0 aliphatic heterocycles. The predicted octanol–water partition coefficient (Wildman–Crippen LogP) is 4.37. The van der Waals surface area contributed by atoms with Crippen molar-refractivity contribution >= 4 is 23.4 Å². The molecule has 0 amide bonds. The molecular weight excluding hydrogens is 250 g/mol. The molecule has 1 rings (SSSR count). The van der Waals surface area contributed by atoms with Crippen LogP contribution >= 0.6 is 23.4 Å². The molecule has 0 radical (unpaired) electrons. The second-order valence-corrected chi connectivity index (χ2v) is 6.33. The SMILES string of the molecule is CCC(N)Cc1ccc(SCC(C)C)cc1Cl. The fraction of sp³-hybridized carbons (Fsp3) is 0.571. The molecule has 0 spiro atoms. The summed E-state index contributed by atoms with van der Waals surface area (Å²) >= 11 is 8.14. The van der Waals surface area contributed by atoms with Crippen molar-refractivity contribution in [2.75, 3.05) is 5.75 Å². The zero-order valence-electron chi connectivity index (χ0n) is 10.9. The van der Waals surface area contributed by atoms with Gasteiger partial charge in [-0.05, 0) is 36.5 Å². The monoisotopic (exact) mass is 271 g/mol. The van der Waals surface area contributed by atoms with E-state index in [1.54, 1.807) is 0 Å². The Kier molecular flexibility index (Phi) is 6.39. The minimum absolute atomic E-state index is 0.210. The minimum atomic E-state index is 0.210. The van der Waals surface area contributed by atoms with Crippen LogP contribution in [0.25, 0.3) is 0 Å². The highest BCUT2D eigenvalue weighted by Gasteiger charge is 2.07. The van der Waals surface area contributed by atoms with Crippen LogP contribution in [-0.2, 0) is 6.42 Å². The lowest BCUT2D eigenvalue weighted by Crippen LogP contribution is -2.21. The van der Waals surface area contributed by atoms with Gasteiger partial charge in [-0.1, -0.05) is 38.4 Å². The van der Waals surface area contributed by atoms with E-state index in [-0.39, 0.29) is 6.04 Å². The number of hydrogen-bond acceptors (Lipinski definition) is 2. The average molecular weight is 272 g/mol. The average Bonchev–Trinajstić information content (AvgIpc) is 2.29. The van der Waals surface area contributed by atoms with E-state index in [9.17, 15) is 0 Å². The maximum atomic E-state index is 6.28. The van der Waals surface area contributed by atoms with E-state index in [2.05, 4.69) is 39.0 Å². The number of rotatable bonds is 6. The van der Waals surface area contributed by atoms with Gasteiger partial charge in [0.15, 0.2) is 0 Å². The van der Waals surface area contributed by atoms with Gasteiger partial charge in [0.25, 0.3) is 0 Å². The van der Waals surface area contributed by atoms with E-state index in [1.165, 1.54) is 4.90 Å². The van der Waals surface area contributed by atoms with Crippen LogP contribution < -0.4 is 5.73 Å². The summed E-state index contributed by atoms with van der Waals surface area (Å²) in [6, 6.07) is 6.53. The van der Waals surface area contributed by atoms with E-state index < -0.39 is 0 Å². The highest BCUT2D eigenvalue weighted by molar-refractivity contribution is 7.99. The van der Waals surface area contributed by atoms with Gasteiger partial charge >= 0.3 is 0 Å². The number of thioether (sulfide) groups is 1. The lowest BCUT2D eigenvalue weighted by molar-refractivity contribution is 0.646. The summed E-state index contributed by atoms with van der Waals surface area (Å²) in [5.41, 5.74) is 7.11. The fourth-order valence-corrected chi connectivity index (χ4v) is 2.69. The summed E-state index contributed by atoms with van der Waals surface area (Å²) in [7, 11) is 0. The van der Waals surface area contributed by atoms with Crippen LogP contribution in [0.3, 0.4) is 0 Å². The van der Waals surface area contributed by atoms with Crippen molar-refractivity contribution in [3.05, 3.63) is 28.8 Å². The Morgan fingerprint density at radius 3 is 2.59 bits per heavy atom. The molecule has 96 valence electrons. The van der Waals surface area contributed by atoms with Gasteiger partial charge in [-0.15, -0.1) is 11.8 Å². The van der Waals surface area contributed by atoms with Crippen LogP contribution in [0.2, 0.25) is 5.02 Å². The molecule has 1 nitrogen and oxygen atoms in total. The van der Waals surface area contributed by atoms with Crippen LogP contribution in [0.4, 0.5) is 0 Å². The number of halogens is 1. The number of benzene rings is 1. The third-order valence-electron chi connectivity index (χ3n) is 2.61. The first-order chi connectivity index (χ1) is 8.02. The van der Waals surface area contributed by atoms with Gasteiger partial charge in [-0.3, -0.25) is 0 Å². The molecular formula is C14H22ClNS. The Morgan fingerprint density at radius 2 is 2.06 bits per heavy atom. The Balaban J connectivity index is 2.65. The Labute approximate surface area is 114 Å². The third kappa shape index (κ3) is 5.33. The van der Waals surface area contributed by atoms with Crippen molar-refractivity contribution in [2.24, 2.45) is 11.7 Å². The number of nitrogens with two attached hydrogens (primary N) is 1. The standard InChI is InChI=1S/C14H22ClNS/c1-4-12(16)7-11-5-6-13(8-14(11)15)17-9-10(2)3/h5-6,8,10,12H,4,7,9,16H2,1-3H3. The van der Waals surface area contributed by atoms with Gasteiger partial charge in [-0.25, -0.2) is 0 Å². The van der Waals surface area contributed by atoms with Gasteiger partial charge in [0.2, 0.25) is 0 Å². The van der Waals surface area contributed by atoms with E-state index in [4.69, 9.17) is 17.3 Å². The minimum Gasteiger partial charge on any atom is -0.327 e. The van der Waals surface area contributed by atoms with Crippen LogP contribution in [0.1, 0.15) is 32.8 Å². The molecule has 0 fully saturated rings. The molecule has 3 heteroatoms. The van der Waals surface area contributed by atoms with Crippen LogP contribution in [0.5, 0.6) is 0 Å². The molecule has 17 heavy (non-hydrogen) atoms. The zero-order valence-corrected chi connectivity index (χ0v) is 12.4. The van der Waals surface area contributed by atoms with Crippen molar-refractivity contribution in [1.29, 1.82) is 0 Å². The van der Waals surface area contributed by atoms with Crippen molar-refractivity contribution < 1.29 is 0 Å². The van der Waals surface area contributed by atoms with Crippen LogP contribution in [-0.4, -0.2) is 11.8 Å². The molecule has 0 saturated carbocycles. The van der Waals surface area contributed by atoms with Gasteiger partial charge in [0.05, 0.1) is 0 Å². The van der Waals surface area contributed by atoms with Gasteiger partial charge < -0.3 is 5.73 Å². The summed E-state index contributed by atoms with van der Waals surface area (Å²) < 4.78 is 0. The Hall–Kier alpha value is -0.180. The van der Waals surface area contributed by atoms with Gasteiger partial charge in [0, 0.05) is 21.7 Å². The molecule has 1 aromatic rings. The van der Waals surface area contributed by atoms with E-state index in [0.29, 0.717) is 5.92 Å². The Morgan fingerprint density at radius 1 is 1.35 bits per heavy atom. The summed E-state index contributed by atoms with van der Waals surface area (Å²) in [6.45, 7) is 6.55. The predicted molar refractivity (Wildman–Crippen MR) is 79.0 cm³/mol. The summed E-state index contributed by atoms with van der Waals surface area (Å²) in [6.07, 6.45) is 1.85.